The molecule has 0 radical (unpaired) electrons. The van der Waals surface area contributed by atoms with Crippen molar-refractivity contribution in [3.63, 3.8) is 0 Å². The fourth-order valence-corrected chi connectivity index (χ4v) is 2.84. The number of benzene rings is 1. The second kappa shape index (κ2) is 5.45. The predicted octanol–water partition coefficient (Wildman–Crippen LogP) is 3.83. The molecule has 3 aromatic rings. The summed E-state index contributed by atoms with van der Waals surface area (Å²) >= 11 is 7.03. The molecule has 0 unspecified atom stereocenters. The summed E-state index contributed by atoms with van der Waals surface area (Å²) in [5, 5.41) is 15.4. The number of nitrogens with one attached hydrogen (secondary N) is 1. The first kappa shape index (κ1) is 12.9. The Morgan fingerprint density at radius 3 is 3.05 bits per heavy atom. The summed E-state index contributed by atoms with van der Waals surface area (Å²) < 4.78 is 3.96. The molecule has 0 saturated heterocycles. The molecule has 0 aliphatic carbocycles. The van der Waals surface area contributed by atoms with E-state index in [4.69, 9.17) is 16.9 Å². The van der Waals surface area contributed by atoms with Gasteiger partial charge in [0.15, 0.2) is 5.15 Å². The van der Waals surface area contributed by atoms with Crippen LogP contribution in [0.1, 0.15) is 11.1 Å². The Morgan fingerprint density at radius 1 is 1.30 bits per heavy atom. The molecule has 1 N–H and O–H groups in total. The molecule has 0 fully saturated rings. The highest BCUT2D eigenvalue weighted by atomic mass is 35.5. The number of hydrogen-bond acceptors (Lipinski definition) is 5. The first-order valence-corrected chi connectivity index (χ1v) is 7.05. The van der Waals surface area contributed by atoms with E-state index in [-0.39, 0.29) is 5.15 Å². The van der Waals surface area contributed by atoms with E-state index >= 15 is 0 Å². The molecule has 0 amide bonds. The van der Waals surface area contributed by atoms with Gasteiger partial charge in [0.1, 0.15) is 16.6 Å². The fraction of sp³-hybridized carbons (Fsp3) is 0.0714. The molecule has 0 spiro atoms. The van der Waals surface area contributed by atoms with Crippen LogP contribution >= 0.6 is 23.1 Å². The third kappa shape index (κ3) is 2.44. The van der Waals surface area contributed by atoms with Gasteiger partial charge in [-0.3, -0.25) is 4.98 Å². The van der Waals surface area contributed by atoms with Crippen LogP contribution in [0.25, 0.3) is 10.8 Å². The smallest absolute Gasteiger partial charge is 0.162 e. The van der Waals surface area contributed by atoms with Crippen LogP contribution in [0.15, 0.2) is 36.7 Å². The number of hydrogen-bond donors (Lipinski definition) is 1. The van der Waals surface area contributed by atoms with Crippen molar-refractivity contribution in [1.29, 1.82) is 5.26 Å². The number of nitrogens with zero attached hydrogens (tertiary/aromatic N) is 3. The van der Waals surface area contributed by atoms with E-state index in [0.29, 0.717) is 17.1 Å². The molecule has 6 heteroatoms. The van der Waals surface area contributed by atoms with Crippen LogP contribution in [-0.2, 0) is 6.54 Å². The summed E-state index contributed by atoms with van der Waals surface area (Å²) in [6, 6.07) is 10.2. The summed E-state index contributed by atoms with van der Waals surface area (Å²) in [5.41, 5.74) is 1.53. The zero-order chi connectivity index (χ0) is 13.9. The van der Waals surface area contributed by atoms with Gasteiger partial charge in [-0.05, 0) is 34.6 Å². The summed E-state index contributed by atoms with van der Waals surface area (Å²) in [5.74, 6) is 0. The molecule has 20 heavy (non-hydrogen) atoms. The van der Waals surface area contributed by atoms with Crippen molar-refractivity contribution in [3.05, 3.63) is 52.9 Å². The zero-order valence-electron chi connectivity index (χ0n) is 10.3. The molecule has 0 aliphatic heterocycles. The highest BCUT2D eigenvalue weighted by Gasteiger charge is 2.11. The van der Waals surface area contributed by atoms with Crippen molar-refractivity contribution in [1.82, 2.24) is 9.36 Å². The van der Waals surface area contributed by atoms with Crippen molar-refractivity contribution in [2.24, 2.45) is 0 Å². The van der Waals surface area contributed by atoms with Crippen molar-refractivity contribution in [2.75, 3.05) is 5.32 Å². The standard InChI is InChI=1S/C14H9ClN4S/c15-13-12(6-16)14(20-19-13)18-7-9-1-2-11-8-17-4-3-10(11)5-9/h1-5,8,18H,7H2. The van der Waals surface area contributed by atoms with E-state index < -0.39 is 0 Å². The average Bonchev–Trinajstić information content (AvgIpc) is 2.85. The van der Waals surface area contributed by atoms with E-state index in [1.807, 2.05) is 24.4 Å². The SMILES string of the molecule is N#Cc1c(Cl)nsc1NCc1ccc2cnccc2c1. The van der Waals surface area contributed by atoms with Gasteiger partial charge in [0.2, 0.25) is 0 Å². The molecule has 0 atom stereocenters. The van der Waals surface area contributed by atoms with Gasteiger partial charge in [0, 0.05) is 24.3 Å². The lowest BCUT2D eigenvalue weighted by molar-refractivity contribution is 1.16. The lowest BCUT2D eigenvalue weighted by Gasteiger charge is -2.05. The number of aromatic nitrogens is 2. The van der Waals surface area contributed by atoms with Gasteiger partial charge >= 0.3 is 0 Å². The average molecular weight is 301 g/mol. The molecular formula is C14H9ClN4S. The van der Waals surface area contributed by atoms with Crippen LogP contribution < -0.4 is 5.32 Å². The monoisotopic (exact) mass is 300 g/mol. The Morgan fingerprint density at radius 2 is 2.20 bits per heavy atom. The number of halogens is 1. The maximum Gasteiger partial charge on any atom is 0.162 e. The third-order valence-corrected chi connectivity index (χ3v) is 4.10. The lowest BCUT2D eigenvalue weighted by Crippen LogP contribution is -1.99. The van der Waals surface area contributed by atoms with Crippen LogP contribution in [0, 0.1) is 11.3 Å². The van der Waals surface area contributed by atoms with Gasteiger partial charge in [-0.1, -0.05) is 23.7 Å². The first-order chi connectivity index (χ1) is 9.78. The van der Waals surface area contributed by atoms with Gasteiger partial charge in [-0.15, -0.1) is 0 Å². The van der Waals surface area contributed by atoms with Gasteiger partial charge in [-0.25, -0.2) is 0 Å². The number of fused-ring (bicyclic) bond motifs is 1. The molecular weight excluding hydrogens is 292 g/mol. The molecule has 98 valence electrons. The maximum atomic E-state index is 9.01. The number of rotatable bonds is 3. The first-order valence-electron chi connectivity index (χ1n) is 5.90. The van der Waals surface area contributed by atoms with E-state index in [1.54, 1.807) is 6.20 Å². The molecule has 0 saturated carbocycles. The van der Waals surface area contributed by atoms with Crippen molar-refractivity contribution in [3.8, 4) is 6.07 Å². The van der Waals surface area contributed by atoms with Gasteiger partial charge in [0.05, 0.1) is 0 Å². The van der Waals surface area contributed by atoms with Gasteiger partial charge in [0.25, 0.3) is 0 Å². The lowest BCUT2D eigenvalue weighted by atomic mass is 10.1. The minimum absolute atomic E-state index is 0.254. The van der Waals surface area contributed by atoms with Crippen molar-refractivity contribution >= 4 is 38.9 Å². The molecule has 2 heterocycles. The zero-order valence-corrected chi connectivity index (χ0v) is 11.9. The summed E-state index contributed by atoms with van der Waals surface area (Å²) in [6.07, 6.45) is 3.61. The molecule has 0 bridgehead atoms. The minimum atomic E-state index is 0.254. The number of nitriles is 1. The van der Waals surface area contributed by atoms with Crippen molar-refractivity contribution < 1.29 is 0 Å². The minimum Gasteiger partial charge on any atom is -0.370 e. The van der Waals surface area contributed by atoms with Crippen LogP contribution in [0.2, 0.25) is 5.15 Å². The molecule has 2 aromatic heterocycles. The molecule has 3 rings (SSSR count). The van der Waals surface area contributed by atoms with Crippen LogP contribution in [0.3, 0.4) is 0 Å². The highest BCUT2D eigenvalue weighted by molar-refractivity contribution is 7.10. The van der Waals surface area contributed by atoms with Gasteiger partial charge < -0.3 is 5.32 Å². The van der Waals surface area contributed by atoms with Crippen LogP contribution in [0.4, 0.5) is 5.00 Å². The van der Waals surface area contributed by atoms with Crippen LogP contribution in [0.5, 0.6) is 0 Å². The summed E-state index contributed by atoms with van der Waals surface area (Å²) in [4.78, 5) is 4.09. The third-order valence-electron chi connectivity index (χ3n) is 2.92. The topological polar surface area (TPSA) is 61.6 Å². The van der Waals surface area contributed by atoms with E-state index in [1.165, 1.54) is 11.5 Å². The Bertz CT molecular complexity index is 806. The number of pyridine rings is 1. The largest absolute Gasteiger partial charge is 0.370 e. The van der Waals surface area contributed by atoms with Gasteiger partial charge in [-0.2, -0.15) is 9.64 Å². The fourth-order valence-electron chi connectivity index (χ4n) is 1.91. The highest BCUT2D eigenvalue weighted by Crippen LogP contribution is 2.28. The summed E-state index contributed by atoms with van der Waals surface area (Å²) in [7, 11) is 0. The number of anilines is 1. The van der Waals surface area contributed by atoms with Crippen molar-refractivity contribution in [2.45, 2.75) is 6.54 Å². The Hall–Kier alpha value is -2.16. The maximum absolute atomic E-state index is 9.01. The molecule has 1 aromatic carbocycles. The quantitative estimate of drug-likeness (QED) is 0.798. The Kier molecular flexibility index (Phi) is 3.50. The normalized spacial score (nSPS) is 10.4. The predicted molar refractivity (Wildman–Crippen MR) is 80.9 cm³/mol. The second-order valence-electron chi connectivity index (χ2n) is 4.20. The summed E-state index contributed by atoms with van der Waals surface area (Å²) in [6.45, 7) is 0.617. The van der Waals surface area contributed by atoms with E-state index in [0.717, 1.165) is 16.3 Å². The Labute approximate surface area is 124 Å². The molecule has 0 aliphatic rings. The Balaban J connectivity index is 1.81. The van der Waals surface area contributed by atoms with E-state index in [9.17, 15) is 0 Å². The second-order valence-corrected chi connectivity index (χ2v) is 5.33. The van der Waals surface area contributed by atoms with E-state index in [2.05, 4.69) is 26.8 Å². The molecule has 4 nitrogen and oxygen atoms in total. The van der Waals surface area contributed by atoms with Crippen LogP contribution in [-0.4, -0.2) is 9.36 Å².